The van der Waals surface area contributed by atoms with E-state index in [0.717, 1.165) is 0 Å². The zero-order valence-corrected chi connectivity index (χ0v) is 8.48. The number of carbonyl (C=O) groups is 1. The molecular formula is C11H9NO4. The molecular weight excluding hydrogens is 210 g/mol. The van der Waals surface area contributed by atoms with Crippen LogP contribution in [0.15, 0.2) is 29.1 Å². The molecule has 5 heteroatoms. The average molecular weight is 219 g/mol. The van der Waals surface area contributed by atoms with Gasteiger partial charge < -0.3 is 14.8 Å². The minimum Gasteiger partial charge on any atom is -0.496 e. The van der Waals surface area contributed by atoms with Crippen molar-refractivity contribution in [2.45, 2.75) is 0 Å². The normalized spacial score (nSPS) is 10.3. The summed E-state index contributed by atoms with van der Waals surface area (Å²) in [5.74, 6) is -0.841. The number of fused-ring (bicyclic) bond motifs is 1. The van der Waals surface area contributed by atoms with Gasteiger partial charge in [-0.25, -0.2) is 4.79 Å². The van der Waals surface area contributed by atoms with E-state index in [1.54, 1.807) is 6.07 Å². The molecule has 0 aliphatic carbocycles. The highest BCUT2D eigenvalue weighted by atomic mass is 16.5. The maximum atomic E-state index is 11.1. The monoisotopic (exact) mass is 219 g/mol. The summed E-state index contributed by atoms with van der Waals surface area (Å²) in [5, 5.41) is 9.61. The quantitative estimate of drug-likeness (QED) is 0.796. The zero-order chi connectivity index (χ0) is 11.7. The molecule has 1 aromatic carbocycles. The number of pyridine rings is 1. The van der Waals surface area contributed by atoms with Crippen LogP contribution in [0.4, 0.5) is 0 Å². The lowest BCUT2D eigenvalue weighted by atomic mass is 10.1. The molecule has 1 heterocycles. The van der Waals surface area contributed by atoms with Gasteiger partial charge in [0.15, 0.2) is 0 Å². The maximum absolute atomic E-state index is 11.1. The molecule has 1 aromatic heterocycles. The van der Waals surface area contributed by atoms with E-state index >= 15 is 0 Å². The van der Waals surface area contributed by atoms with Gasteiger partial charge in [-0.05, 0) is 17.5 Å². The van der Waals surface area contributed by atoms with Gasteiger partial charge in [-0.1, -0.05) is 0 Å². The topological polar surface area (TPSA) is 79.4 Å². The van der Waals surface area contributed by atoms with Crippen LogP contribution < -0.4 is 10.3 Å². The highest BCUT2D eigenvalue weighted by Crippen LogP contribution is 2.23. The van der Waals surface area contributed by atoms with Crippen molar-refractivity contribution in [1.29, 1.82) is 0 Å². The third-order valence-electron chi connectivity index (χ3n) is 2.27. The van der Waals surface area contributed by atoms with Crippen LogP contribution >= 0.6 is 0 Å². The van der Waals surface area contributed by atoms with Crippen LogP contribution in [0.25, 0.3) is 10.9 Å². The lowest BCUT2D eigenvalue weighted by molar-refractivity contribution is 0.0693. The molecule has 0 radical (unpaired) electrons. The Balaban J connectivity index is 2.80. The Bertz CT molecular complexity index is 615. The summed E-state index contributed by atoms with van der Waals surface area (Å²) < 4.78 is 4.95. The van der Waals surface area contributed by atoms with Crippen molar-refractivity contribution in [1.82, 2.24) is 4.98 Å². The predicted octanol–water partition coefficient (Wildman–Crippen LogP) is 1.23. The van der Waals surface area contributed by atoms with Crippen LogP contribution in [0.5, 0.6) is 5.75 Å². The Morgan fingerprint density at radius 2 is 2.12 bits per heavy atom. The van der Waals surface area contributed by atoms with Crippen molar-refractivity contribution >= 4 is 16.9 Å². The fraction of sp³-hybridized carbons (Fsp3) is 0.0909. The molecule has 0 bridgehead atoms. The molecule has 0 unspecified atom stereocenters. The first-order valence-electron chi connectivity index (χ1n) is 4.56. The maximum Gasteiger partial charge on any atom is 0.339 e. The van der Waals surface area contributed by atoms with Gasteiger partial charge in [-0.2, -0.15) is 0 Å². The molecule has 0 aliphatic rings. The largest absolute Gasteiger partial charge is 0.496 e. The number of ether oxygens (including phenoxy) is 1. The minimum absolute atomic E-state index is 0.0713. The number of rotatable bonds is 2. The van der Waals surface area contributed by atoms with E-state index in [4.69, 9.17) is 9.84 Å². The lowest BCUT2D eigenvalue weighted by Gasteiger charge is -2.06. The van der Waals surface area contributed by atoms with Crippen LogP contribution in [0.2, 0.25) is 0 Å². The van der Waals surface area contributed by atoms with Gasteiger partial charge in [0.1, 0.15) is 11.3 Å². The lowest BCUT2D eigenvalue weighted by Crippen LogP contribution is -2.05. The molecule has 82 valence electrons. The Morgan fingerprint density at radius 3 is 2.75 bits per heavy atom. The Labute approximate surface area is 90.3 Å². The summed E-state index contributed by atoms with van der Waals surface area (Å²) in [6, 6.07) is 5.88. The number of hydrogen-bond donors (Lipinski definition) is 2. The SMILES string of the molecule is COc1cc2[nH]c(=O)ccc2cc1C(=O)O. The van der Waals surface area contributed by atoms with Crippen LogP contribution in [-0.4, -0.2) is 23.2 Å². The molecule has 0 saturated heterocycles. The number of aromatic carboxylic acids is 1. The molecule has 0 fully saturated rings. The predicted molar refractivity (Wildman–Crippen MR) is 58.1 cm³/mol. The number of methoxy groups -OCH3 is 1. The van der Waals surface area contributed by atoms with E-state index < -0.39 is 5.97 Å². The van der Waals surface area contributed by atoms with Gasteiger partial charge in [0, 0.05) is 12.1 Å². The standard InChI is InChI=1S/C11H9NO4/c1-16-9-5-8-6(2-3-10(13)12-8)4-7(9)11(14)15/h2-5H,1H3,(H,12,13)(H,14,15). The Morgan fingerprint density at radius 1 is 1.38 bits per heavy atom. The van der Waals surface area contributed by atoms with E-state index in [-0.39, 0.29) is 16.9 Å². The van der Waals surface area contributed by atoms with Crippen molar-refractivity contribution in [3.8, 4) is 5.75 Å². The second kappa shape index (κ2) is 3.69. The van der Waals surface area contributed by atoms with Crippen LogP contribution in [0, 0.1) is 0 Å². The molecule has 0 aliphatic heterocycles. The highest BCUT2D eigenvalue weighted by molar-refractivity contribution is 5.96. The summed E-state index contributed by atoms with van der Waals surface area (Å²) in [6.07, 6.45) is 0. The number of hydrogen-bond acceptors (Lipinski definition) is 3. The number of benzene rings is 1. The van der Waals surface area contributed by atoms with E-state index in [9.17, 15) is 9.59 Å². The van der Waals surface area contributed by atoms with E-state index in [2.05, 4.69) is 4.98 Å². The molecule has 2 N–H and O–H groups in total. The molecule has 2 rings (SSSR count). The second-order valence-corrected chi connectivity index (χ2v) is 3.27. The highest BCUT2D eigenvalue weighted by Gasteiger charge is 2.12. The first-order valence-corrected chi connectivity index (χ1v) is 4.56. The van der Waals surface area contributed by atoms with Crippen molar-refractivity contribution in [3.05, 3.63) is 40.2 Å². The van der Waals surface area contributed by atoms with Crippen LogP contribution in [0.3, 0.4) is 0 Å². The van der Waals surface area contributed by atoms with E-state index in [0.29, 0.717) is 10.9 Å². The Kier molecular flexibility index (Phi) is 2.36. The first-order chi connectivity index (χ1) is 7.61. The second-order valence-electron chi connectivity index (χ2n) is 3.27. The summed E-state index contributed by atoms with van der Waals surface area (Å²) in [7, 11) is 1.38. The smallest absolute Gasteiger partial charge is 0.339 e. The number of H-pyrrole nitrogens is 1. The number of carboxylic acids is 1. The minimum atomic E-state index is -1.06. The molecule has 0 spiro atoms. The van der Waals surface area contributed by atoms with Gasteiger partial charge >= 0.3 is 5.97 Å². The summed E-state index contributed by atoms with van der Waals surface area (Å²) in [6.45, 7) is 0. The van der Waals surface area contributed by atoms with Crippen molar-refractivity contribution in [2.24, 2.45) is 0 Å². The molecule has 16 heavy (non-hydrogen) atoms. The molecule has 5 nitrogen and oxygen atoms in total. The van der Waals surface area contributed by atoms with Crippen LogP contribution in [-0.2, 0) is 0 Å². The van der Waals surface area contributed by atoms with Gasteiger partial charge in [0.2, 0.25) is 5.56 Å². The molecule has 2 aromatic rings. The van der Waals surface area contributed by atoms with Crippen molar-refractivity contribution in [3.63, 3.8) is 0 Å². The van der Waals surface area contributed by atoms with Crippen LogP contribution in [0.1, 0.15) is 10.4 Å². The van der Waals surface area contributed by atoms with E-state index in [1.807, 2.05) is 0 Å². The van der Waals surface area contributed by atoms with Gasteiger partial charge in [0.25, 0.3) is 0 Å². The van der Waals surface area contributed by atoms with Gasteiger partial charge in [-0.3, -0.25) is 4.79 Å². The first kappa shape index (κ1) is 10.2. The summed E-state index contributed by atoms with van der Waals surface area (Å²) in [4.78, 5) is 24.6. The van der Waals surface area contributed by atoms with E-state index in [1.165, 1.54) is 25.3 Å². The fourth-order valence-corrected chi connectivity index (χ4v) is 1.52. The third-order valence-corrected chi connectivity index (χ3v) is 2.27. The van der Waals surface area contributed by atoms with Gasteiger partial charge in [-0.15, -0.1) is 0 Å². The number of aromatic nitrogens is 1. The molecule has 0 atom stereocenters. The zero-order valence-electron chi connectivity index (χ0n) is 8.48. The number of carboxylic acid groups (broad SMARTS) is 1. The van der Waals surface area contributed by atoms with Gasteiger partial charge in [0.05, 0.1) is 12.6 Å². The summed E-state index contributed by atoms with van der Waals surface area (Å²) >= 11 is 0. The summed E-state index contributed by atoms with van der Waals surface area (Å²) in [5.41, 5.74) is 0.383. The Hall–Kier alpha value is -2.30. The van der Waals surface area contributed by atoms with Crippen molar-refractivity contribution < 1.29 is 14.6 Å². The number of nitrogens with one attached hydrogen (secondary N) is 1. The van der Waals surface area contributed by atoms with Crippen molar-refractivity contribution in [2.75, 3.05) is 7.11 Å². The fourth-order valence-electron chi connectivity index (χ4n) is 1.52. The molecule has 0 amide bonds. The average Bonchev–Trinajstić information content (AvgIpc) is 2.26. The molecule has 0 saturated carbocycles. The third kappa shape index (κ3) is 1.63. The number of aromatic amines is 1.